The van der Waals surface area contributed by atoms with Crippen molar-refractivity contribution in [1.82, 2.24) is 4.90 Å². The minimum absolute atomic E-state index is 0.344. The number of hydrogen-bond donors (Lipinski definition) is 3. The Kier molecular flexibility index (Phi) is 7.43. The SMILES string of the molecule is O=C(O)Nc1ccc(Cc2ccc(NC(=O)OCCN3CCOCC3)cc2)cc1. The maximum Gasteiger partial charge on any atom is 0.411 e. The largest absolute Gasteiger partial charge is 0.465 e. The summed E-state index contributed by atoms with van der Waals surface area (Å²) in [7, 11) is 0. The number of amides is 2. The highest BCUT2D eigenvalue weighted by Gasteiger charge is 2.11. The van der Waals surface area contributed by atoms with E-state index in [9.17, 15) is 9.59 Å². The summed E-state index contributed by atoms with van der Waals surface area (Å²) in [5, 5.41) is 13.7. The maximum atomic E-state index is 11.9. The van der Waals surface area contributed by atoms with Gasteiger partial charge in [-0.25, -0.2) is 9.59 Å². The second-order valence-corrected chi connectivity index (χ2v) is 6.72. The van der Waals surface area contributed by atoms with Gasteiger partial charge in [0.25, 0.3) is 0 Å². The van der Waals surface area contributed by atoms with Crippen molar-refractivity contribution < 1.29 is 24.2 Å². The molecule has 3 N–H and O–H groups in total. The molecule has 1 fully saturated rings. The van der Waals surface area contributed by atoms with Gasteiger partial charge < -0.3 is 14.6 Å². The third-order valence-corrected chi connectivity index (χ3v) is 4.56. The van der Waals surface area contributed by atoms with E-state index in [1.165, 1.54) is 0 Å². The Morgan fingerprint density at radius 3 is 2.03 bits per heavy atom. The Hall–Kier alpha value is -3.10. The topological polar surface area (TPSA) is 100 Å². The molecule has 154 valence electrons. The highest BCUT2D eigenvalue weighted by atomic mass is 16.5. The zero-order valence-electron chi connectivity index (χ0n) is 16.1. The highest BCUT2D eigenvalue weighted by Crippen LogP contribution is 2.16. The van der Waals surface area contributed by atoms with Crippen molar-refractivity contribution >= 4 is 23.6 Å². The molecule has 2 aromatic rings. The number of nitrogens with zero attached hydrogens (tertiary/aromatic N) is 1. The standard InChI is InChI=1S/C21H25N3O5/c25-20(26)22-18-5-1-16(2-6-18)15-17-3-7-19(8-4-17)23-21(27)29-14-11-24-9-12-28-13-10-24/h1-8,22H,9-15H2,(H,23,27)(H,25,26). The lowest BCUT2D eigenvalue weighted by atomic mass is 10.0. The molecule has 8 nitrogen and oxygen atoms in total. The lowest BCUT2D eigenvalue weighted by molar-refractivity contribution is 0.0290. The molecule has 1 saturated heterocycles. The molecule has 0 atom stereocenters. The zero-order valence-corrected chi connectivity index (χ0v) is 16.1. The van der Waals surface area contributed by atoms with Gasteiger partial charge in [0.2, 0.25) is 0 Å². The van der Waals surface area contributed by atoms with Crippen molar-refractivity contribution in [3.05, 3.63) is 59.7 Å². The number of carbonyl (C=O) groups is 2. The number of ether oxygens (including phenoxy) is 2. The molecule has 1 aliphatic heterocycles. The summed E-state index contributed by atoms with van der Waals surface area (Å²) < 4.78 is 10.5. The molecule has 0 aliphatic carbocycles. The molecule has 8 heteroatoms. The smallest absolute Gasteiger partial charge is 0.411 e. The monoisotopic (exact) mass is 399 g/mol. The molecule has 2 aromatic carbocycles. The van der Waals surface area contributed by atoms with E-state index in [2.05, 4.69) is 15.5 Å². The maximum absolute atomic E-state index is 11.9. The van der Waals surface area contributed by atoms with Crippen LogP contribution >= 0.6 is 0 Å². The van der Waals surface area contributed by atoms with E-state index in [4.69, 9.17) is 14.6 Å². The van der Waals surface area contributed by atoms with Crippen molar-refractivity contribution in [2.45, 2.75) is 6.42 Å². The molecule has 0 spiro atoms. The van der Waals surface area contributed by atoms with Crippen LogP contribution in [0.5, 0.6) is 0 Å². The summed E-state index contributed by atoms with van der Waals surface area (Å²) in [6.45, 7) is 4.23. The number of benzene rings is 2. The zero-order chi connectivity index (χ0) is 20.5. The van der Waals surface area contributed by atoms with Gasteiger partial charge in [0.15, 0.2) is 0 Å². The minimum Gasteiger partial charge on any atom is -0.465 e. The van der Waals surface area contributed by atoms with Crippen molar-refractivity contribution in [2.24, 2.45) is 0 Å². The van der Waals surface area contributed by atoms with Crippen LogP contribution < -0.4 is 10.6 Å². The van der Waals surface area contributed by atoms with Crippen molar-refractivity contribution in [3.8, 4) is 0 Å². The predicted molar refractivity (Wildman–Crippen MR) is 110 cm³/mol. The third kappa shape index (κ3) is 7.10. The van der Waals surface area contributed by atoms with Gasteiger partial charge in [-0.05, 0) is 41.8 Å². The Labute approximate surface area is 169 Å². The molecule has 0 bridgehead atoms. The van der Waals surface area contributed by atoms with Crippen LogP contribution in [-0.4, -0.2) is 61.6 Å². The molecule has 0 aromatic heterocycles. The molecular weight excluding hydrogens is 374 g/mol. The van der Waals surface area contributed by atoms with Gasteiger partial charge in [-0.1, -0.05) is 24.3 Å². The molecule has 29 heavy (non-hydrogen) atoms. The van der Waals surface area contributed by atoms with Crippen LogP contribution in [0.4, 0.5) is 21.0 Å². The van der Waals surface area contributed by atoms with Gasteiger partial charge in [0.05, 0.1) is 13.2 Å². The van der Waals surface area contributed by atoms with Crippen LogP contribution in [0.1, 0.15) is 11.1 Å². The van der Waals surface area contributed by atoms with E-state index in [0.717, 1.165) is 37.4 Å². The van der Waals surface area contributed by atoms with Gasteiger partial charge in [-0.3, -0.25) is 15.5 Å². The van der Waals surface area contributed by atoms with Crippen LogP contribution in [-0.2, 0) is 15.9 Å². The van der Waals surface area contributed by atoms with Gasteiger partial charge >= 0.3 is 12.2 Å². The molecular formula is C21H25N3O5. The fourth-order valence-corrected chi connectivity index (χ4v) is 3.02. The first-order valence-corrected chi connectivity index (χ1v) is 9.50. The van der Waals surface area contributed by atoms with Crippen LogP contribution in [0.15, 0.2) is 48.5 Å². The summed E-state index contributed by atoms with van der Waals surface area (Å²) in [6.07, 6.45) is -0.842. The minimum atomic E-state index is -1.08. The molecule has 0 radical (unpaired) electrons. The second-order valence-electron chi connectivity index (χ2n) is 6.72. The molecule has 0 unspecified atom stereocenters. The van der Waals surface area contributed by atoms with Gasteiger partial charge in [0.1, 0.15) is 6.61 Å². The Morgan fingerprint density at radius 1 is 0.931 bits per heavy atom. The number of morpholine rings is 1. The summed E-state index contributed by atoms with van der Waals surface area (Å²) in [5.41, 5.74) is 3.35. The Morgan fingerprint density at radius 2 is 1.48 bits per heavy atom. The van der Waals surface area contributed by atoms with E-state index < -0.39 is 12.2 Å². The second kappa shape index (κ2) is 10.4. The van der Waals surface area contributed by atoms with Gasteiger partial charge in [-0.2, -0.15) is 0 Å². The van der Waals surface area contributed by atoms with Crippen LogP contribution in [0.2, 0.25) is 0 Å². The quantitative estimate of drug-likeness (QED) is 0.661. The third-order valence-electron chi connectivity index (χ3n) is 4.56. The fourth-order valence-electron chi connectivity index (χ4n) is 3.02. The van der Waals surface area contributed by atoms with E-state index in [1.54, 1.807) is 12.1 Å². The number of carboxylic acid groups (broad SMARTS) is 1. The molecule has 3 rings (SSSR count). The van der Waals surface area contributed by atoms with E-state index >= 15 is 0 Å². The van der Waals surface area contributed by atoms with E-state index in [1.807, 2.05) is 36.4 Å². The first-order valence-electron chi connectivity index (χ1n) is 9.50. The summed E-state index contributed by atoms with van der Waals surface area (Å²) in [5.74, 6) is 0. The van der Waals surface area contributed by atoms with Crippen LogP contribution in [0, 0.1) is 0 Å². The average Bonchev–Trinajstić information content (AvgIpc) is 2.71. The Bertz CT molecular complexity index is 802. The van der Waals surface area contributed by atoms with Crippen molar-refractivity contribution in [3.63, 3.8) is 0 Å². The number of anilines is 2. The predicted octanol–water partition coefficient (Wildman–Crippen LogP) is 3.25. The van der Waals surface area contributed by atoms with Crippen molar-refractivity contribution in [1.29, 1.82) is 0 Å². The first kappa shape index (κ1) is 20.6. The molecule has 2 amide bonds. The number of carbonyl (C=O) groups excluding carboxylic acids is 1. The van der Waals surface area contributed by atoms with Gasteiger partial charge in [0, 0.05) is 31.0 Å². The van der Waals surface area contributed by atoms with Crippen molar-refractivity contribution in [2.75, 3.05) is 50.1 Å². The first-order chi connectivity index (χ1) is 14.1. The van der Waals surface area contributed by atoms with E-state index in [0.29, 0.717) is 30.9 Å². The molecule has 1 aliphatic rings. The Balaban J connectivity index is 1.42. The number of hydrogen-bond acceptors (Lipinski definition) is 5. The fraction of sp³-hybridized carbons (Fsp3) is 0.333. The summed E-state index contributed by atoms with van der Waals surface area (Å²) in [4.78, 5) is 24.7. The molecule has 1 heterocycles. The van der Waals surface area contributed by atoms with E-state index in [-0.39, 0.29) is 0 Å². The van der Waals surface area contributed by atoms with Crippen LogP contribution in [0.25, 0.3) is 0 Å². The average molecular weight is 399 g/mol. The molecule has 0 saturated carbocycles. The van der Waals surface area contributed by atoms with Crippen LogP contribution in [0.3, 0.4) is 0 Å². The lowest BCUT2D eigenvalue weighted by Crippen LogP contribution is -2.38. The summed E-state index contributed by atoms with van der Waals surface area (Å²) in [6, 6.07) is 14.8. The normalized spacial score (nSPS) is 14.2. The highest BCUT2D eigenvalue weighted by molar-refractivity contribution is 5.84. The summed E-state index contributed by atoms with van der Waals surface area (Å²) >= 11 is 0. The number of nitrogens with one attached hydrogen (secondary N) is 2. The lowest BCUT2D eigenvalue weighted by Gasteiger charge is -2.26. The number of rotatable bonds is 7. The van der Waals surface area contributed by atoms with Gasteiger partial charge in [-0.15, -0.1) is 0 Å².